The van der Waals surface area contributed by atoms with Crippen LogP contribution in [0.5, 0.6) is 0 Å². The minimum atomic E-state index is 0. The third-order valence-electron chi connectivity index (χ3n) is 4.94. The van der Waals surface area contributed by atoms with E-state index >= 15 is 0 Å². The van der Waals surface area contributed by atoms with E-state index in [1.165, 1.54) is 5.56 Å². The monoisotopic (exact) mass is 419 g/mol. The first-order valence-corrected chi connectivity index (χ1v) is 9.63. The number of carbonyl (C=O) groups excluding carboxylic acids is 1. The van der Waals surface area contributed by atoms with Gasteiger partial charge in [0.15, 0.2) is 0 Å². The number of carbonyl (C=O) groups is 1. The highest BCUT2D eigenvalue weighted by Gasteiger charge is 2.18. The summed E-state index contributed by atoms with van der Waals surface area (Å²) in [4.78, 5) is 14.5. The fourth-order valence-corrected chi connectivity index (χ4v) is 3.34. The van der Waals surface area contributed by atoms with Crippen LogP contribution in [0.2, 0.25) is 0 Å². The number of anilines is 1. The van der Waals surface area contributed by atoms with Gasteiger partial charge in [-0.15, -0.1) is 24.8 Å². The number of amides is 1. The molecule has 1 aliphatic rings. The molecule has 1 aromatic carbocycles. The number of piperidine rings is 1. The number of nitrogens with two attached hydrogens (primary N) is 1. The molecule has 0 bridgehead atoms. The van der Waals surface area contributed by atoms with Crippen molar-refractivity contribution in [2.24, 2.45) is 11.7 Å². The molecule has 0 aromatic heterocycles. The van der Waals surface area contributed by atoms with Crippen molar-refractivity contribution in [2.45, 2.75) is 51.5 Å². The molecular formula is C20H35Cl2N3O2. The highest BCUT2D eigenvalue weighted by Crippen LogP contribution is 2.20. The Morgan fingerprint density at radius 1 is 1.15 bits per heavy atom. The zero-order valence-corrected chi connectivity index (χ0v) is 17.7. The van der Waals surface area contributed by atoms with Crippen LogP contribution in [0.15, 0.2) is 24.3 Å². The van der Waals surface area contributed by atoms with Gasteiger partial charge in [-0.2, -0.15) is 0 Å². The van der Waals surface area contributed by atoms with Crippen LogP contribution in [0, 0.1) is 5.92 Å². The largest absolute Gasteiger partial charge is 0.396 e. The van der Waals surface area contributed by atoms with E-state index in [0.717, 1.165) is 70.4 Å². The Morgan fingerprint density at radius 3 is 2.52 bits per heavy atom. The zero-order valence-electron chi connectivity index (χ0n) is 16.1. The Bertz CT molecular complexity index is 524. The van der Waals surface area contributed by atoms with Gasteiger partial charge in [-0.1, -0.05) is 25.0 Å². The zero-order chi connectivity index (χ0) is 17.9. The van der Waals surface area contributed by atoms with E-state index in [-0.39, 0.29) is 30.7 Å². The molecule has 4 N–H and O–H groups in total. The predicted octanol–water partition coefficient (Wildman–Crippen LogP) is 3.58. The summed E-state index contributed by atoms with van der Waals surface area (Å²) in [6, 6.07) is 8.14. The molecular weight excluding hydrogens is 385 g/mol. The van der Waals surface area contributed by atoms with Crippen LogP contribution in [-0.2, 0) is 11.3 Å². The molecule has 156 valence electrons. The number of likely N-dealkylation sites (tertiary alicyclic amines) is 1. The van der Waals surface area contributed by atoms with Gasteiger partial charge in [0.2, 0.25) is 5.91 Å². The third kappa shape index (κ3) is 10.3. The number of hydrogen-bond donors (Lipinski definition) is 3. The van der Waals surface area contributed by atoms with Crippen molar-refractivity contribution in [1.82, 2.24) is 4.90 Å². The highest BCUT2D eigenvalue weighted by atomic mass is 35.5. The van der Waals surface area contributed by atoms with Crippen LogP contribution in [0.4, 0.5) is 5.69 Å². The summed E-state index contributed by atoms with van der Waals surface area (Å²) >= 11 is 0. The van der Waals surface area contributed by atoms with Gasteiger partial charge in [-0.25, -0.2) is 0 Å². The first-order valence-electron chi connectivity index (χ1n) is 9.63. The number of benzene rings is 1. The van der Waals surface area contributed by atoms with Crippen molar-refractivity contribution in [3.8, 4) is 0 Å². The first-order chi connectivity index (χ1) is 12.2. The number of hydrogen-bond acceptors (Lipinski definition) is 4. The summed E-state index contributed by atoms with van der Waals surface area (Å²) in [7, 11) is 0. The lowest BCUT2D eigenvalue weighted by Crippen LogP contribution is -2.34. The fraction of sp³-hybridized carbons (Fsp3) is 0.650. The first kappa shape index (κ1) is 26.1. The van der Waals surface area contributed by atoms with E-state index < -0.39 is 0 Å². The minimum Gasteiger partial charge on any atom is -0.396 e. The molecule has 0 atom stereocenters. The molecule has 7 heteroatoms. The topological polar surface area (TPSA) is 78.6 Å². The summed E-state index contributed by atoms with van der Waals surface area (Å²) in [5.41, 5.74) is 7.58. The molecule has 1 saturated heterocycles. The second-order valence-electron chi connectivity index (χ2n) is 7.10. The van der Waals surface area contributed by atoms with Gasteiger partial charge in [0.05, 0.1) is 0 Å². The van der Waals surface area contributed by atoms with Crippen molar-refractivity contribution in [3.63, 3.8) is 0 Å². The van der Waals surface area contributed by atoms with Crippen LogP contribution in [0.3, 0.4) is 0 Å². The highest BCUT2D eigenvalue weighted by molar-refractivity contribution is 5.90. The number of aliphatic hydroxyl groups excluding tert-OH is 1. The summed E-state index contributed by atoms with van der Waals surface area (Å²) in [6.07, 6.45) is 6.84. The molecule has 27 heavy (non-hydrogen) atoms. The van der Waals surface area contributed by atoms with Crippen molar-refractivity contribution in [1.29, 1.82) is 0 Å². The van der Waals surface area contributed by atoms with Gasteiger partial charge in [0.1, 0.15) is 0 Å². The molecule has 1 amide bonds. The van der Waals surface area contributed by atoms with Crippen molar-refractivity contribution in [3.05, 3.63) is 29.8 Å². The van der Waals surface area contributed by atoms with E-state index in [1.807, 2.05) is 12.1 Å². The Kier molecular flexibility index (Phi) is 14.6. The van der Waals surface area contributed by atoms with Gasteiger partial charge in [-0.3, -0.25) is 9.69 Å². The summed E-state index contributed by atoms with van der Waals surface area (Å²) in [5, 5.41) is 12.2. The Hall–Kier alpha value is -0.850. The molecule has 2 rings (SSSR count). The van der Waals surface area contributed by atoms with E-state index in [9.17, 15) is 9.90 Å². The number of rotatable bonds is 10. The van der Waals surface area contributed by atoms with Crippen molar-refractivity contribution >= 4 is 36.4 Å². The Morgan fingerprint density at radius 2 is 1.85 bits per heavy atom. The lowest BCUT2D eigenvalue weighted by atomic mass is 9.97. The van der Waals surface area contributed by atoms with Gasteiger partial charge in [-0.05, 0) is 68.9 Å². The standard InChI is InChI=1S/C20H33N3O2.2ClH/c21-11-4-2-1-3-8-20(25)22-19-7-5-6-18(14-19)15-23-12-9-17(16-24)10-13-23;;/h5-7,14,17,24H,1-4,8-13,15-16,21H2,(H,22,25);2*1H. The molecule has 0 spiro atoms. The van der Waals surface area contributed by atoms with Crippen LogP contribution in [0.25, 0.3) is 0 Å². The number of halogens is 2. The number of aliphatic hydroxyl groups is 1. The summed E-state index contributed by atoms with van der Waals surface area (Å²) in [6.45, 7) is 4.01. The minimum absolute atomic E-state index is 0. The van der Waals surface area contributed by atoms with Gasteiger partial charge in [0, 0.05) is 25.3 Å². The molecule has 0 saturated carbocycles. The Balaban J connectivity index is 0.00000338. The maximum Gasteiger partial charge on any atom is 0.224 e. The fourth-order valence-electron chi connectivity index (χ4n) is 3.34. The van der Waals surface area contributed by atoms with Crippen LogP contribution in [-0.4, -0.2) is 42.2 Å². The Labute approximate surface area is 175 Å². The quantitative estimate of drug-likeness (QED) is 0.506. The van der Waals surface area contributed by atoms with Crippen LogP contribution >= 0.6 is 24.8 Å². The second-order valence-corrected chi connectivity index (χ2v) is 7.10. The van der Waals surface area contributed by atoms with Gasteiger partial charge in [0.25, 0.3) is 0 Å². The molecule has 1 fully saturated rings. The average Bonchev–Trinajstić information content (AvgIpc) is 2.62. The van der Waals surface area contributed by atoms with Gasteiger partial charge >= 0.3 is 0 Å². The van der Waals surface area contributed by atoms with Crippen LogP contribution in [0.1, 0.15) is 50.5 Å². The van der Waals surface area contributed by atoms with Gasteiger partial charge < -0.3 is 16.2 Å². The van der Waals surface area contributed by atoms with E-state index in [2.05, 4.69) is 22.3 Å². The smallest absolute Gasteiger partial charge is 0.224 e. The normalized spacial score (nSPS) is 14.9. The van der Waals surface area contributed by atoms with Crippen LogP contribution < -0.4 is 11.1 Å². The maximum atomic E-state index is 12.0. The van der Waals surface area contributed by atoms with Crippen molar-refractivity contribution in [2.75, 3.05) is 31.6 Å². The molecule has 1 heterocycles. The predicted molar refractivity (Wildman–Crippen MR) is 117 cm³/mol. The molecule has 0 unspecified atom stereocenters. The van der Waals surface area contributed by atoms with Crippen molar-refractivity contribution < 1.29 is 9.90 Å². The average molecular weight is 420 g/mol. The van der Waals surface area contributed by atoms with E-state index in [4.69, 9.17) is 5.73 Å². The van der Waals surface area contributed by atoms with E-state index in [1.54, 1.807) is 0 Å². The SMILES string of the molecule is Cl.Cl.NCCCCCCC(=O)Nc1cccc(CN2CCC(CO)CC2)c1. The third-order valence-corrected chi connectivity index (χ3v) is 4.94. The number of nitrogens with zero attached hydrogens (tertiary/aromatic N) is 1. The lowest BCUT2D eigenvalue weighted by Gasteiger charge is -2.31. The maximum absolute atomic E-state index is 12.0. The summed E-state index contributed by atoms with van der Waals surface area (Å²) < 4.78 is 0. The van der Waals surface area contributed by atoms with E-state index in [0.29, 0.717) is 18.9 Å². The number of nitrogens with one attached hydrogen (secondary N) is 1. The lowest BCUT2D eigenvalue weighted by molar-refractivity contribution is -0.116. The molecule has 1 aromatic rings. The molecule has 5 nitrogen and oxygen atoms in total. The number of unbranched alkanes of at least 4 members (excludes halogenated alkanes) is 3. The summed E-state index contributed by atoms with van der Waals surface area (Å²) in [5.74, 6) is 0.556. The second kappa shape index (κ2) is 15.1. The molecule has 0 radical (unpaired) electrons. The molecule has 0 aliphatic carbocycles. The molecule has 1 aliphatic heterocycles.